The summed E-state index contributed by atoms with van der Waals surface area (Å²) in [6.45, 7) is -4.31. The molecule has 10 heteroatoms. The summed E-state index contributed by atoms with van der Waals surface area (Å²) in [4.78, 5) is 9.11. The standard InChI is InChI=1S/C7H15O8PS/c1-17-16(12,13)14-2-3-4(8)5(9)6(10)7(11)15-3/h3-11H,2H2,1H3,(H,12,13)/t3-,4-,5+,6?,7-/m1/s1. The molecule has 0 aromatic carbocycles. The zero-order valence-electron chi connectivity index (χ0n) is 8.91. The minimum atomic E-state index is -3.82. The average Bonchev–Trinajstić information content (AvgIpc) is 2.29. The van der Waals surface area contributed by atoms with Crippen molar-refractivity contribution in [1.29, 1.82) is 0 Å². The number of rotatable bonds is 4. The van der Waals surface area contributed by atoms with Gasteiger partial charge in [-0.1, -0.05) is 0 Å². The molecule has 1 aliphatic rings. The summed E-state index contributed by atoms with van der Waals surface area (Å²) in [5.41, 5.74) is 0. The van der Waals surface area contributed by atoms with Crippen LogP contribution in [0.15, 0.2) is 0 Å². The molecule has 1 heterocycles. The largest absolute Gasteiger partial charge is 0.387 e. The summed E-state index contributed by atoms with van der Waals surface area (Å²) in [6.07, 6.45) is -6.28. The van der Waals surface area contributed by atoms with Crippen molar-refractivity contribution in [2.45, 2.75) is 30.7 Å². The summed E-state index contributed by atoms with van der Waals surface area (Å²) < 4.78 is 20.5. The molecule has 6 atom stereocenters. The fraction of sp³-hybridized carbons (Fsp3) is 1.00. The second-order valence-corrected chi connectivity index (χ2v) is 7.52. The van der Waals surface area contributed by atoms with E-state index in [1.165, 1.54) is 6.26 Å². The summed E-state index contributed by atoms with van der Waals surface area (Å²) in [6, 6.07) is 0. The van der Waals surface area contributed by atoms with Crippen molar-refractivity contribution in [1.82, 2.24) is 0 Å². The molecule has 102 valence electrons. The van der Waals surface area contributed by atoms with Crippen LogP contribution in [-0.2, 0) is 13.8 Å². The summed E-state index contributed by atoms with van der Waals surface area (Å²) >= 11 is 0.596. The molecule has 0 bridgehead atoms. The van der Waals surface area contributed by atoms with Gasteiger partial charge in [0.2, 0.25) is 0 Å². The first-order valence-corrected chi connectivity index (χ1v) is 8.10. The van der Waals surface area contributed by atoms with Crippen LogP contribution < -0.4 is 0 Å². The fourth-order valence-corrected chi connectivity index (χ4v) is 2.23. The van der Waals surface area contributed by atoms with E-state index in [-0.39, 0.29) is 0 Å². The molecule has 17 heavy (non-hydrogen) atoms. The highest BCUT2D eigenvalue weighted by Crippen LogP contribution is 2.54. The Morgan fingerprint density at radius 2 is 1.82 bits per heavy atom. The molecule has 0 radical (unpaired) electrons. The van der Waals surface area contributed by atoms with Gasteiger partial charge in [-0.25, -0.2) is 4.57 Å². The van der Waals surface area contributed by atoms with Gasteiger partial charge in [0.25, 0.3) is 0 Å². The first-order valence-electron chi connectivity index (χ1n) is 4.69. The van der Waals surface area contributed by atoms with E-state index in [1.54, 1.807) is 0 Å². The van der Waals surface area contributed by atoms with E-state index < -0.39 is 44.1 Å². The zero-order chi connectivity index (χ0) is 13.2. The van der Waals surface area contributed by atoms with E-state index in [4.69, 9.17) is 9.63 Å². The smallest absolute Gasteiger partial charge is 0.386 e. The van der Waals surface area contributed by atoms with Crippen molar-refractivity contribution in [3.05, 3.63) is 0 Å². The predicted octanol–water partition coefficient (Wildman–Crippen LogP) is -1.73. The minimum Gasteiger partial charge on any atom is -0.387 e. The Labute approximate surface area is 101 Å². The zero-order valence-corrected chi connectivity index (χ0v) is 10.6. The number of hydrogen-bond acceptors (Lipinski definition) is 8. The number of aliphatic hydroxyl groups excluding tert-OH is 4. The van der Waals surface area contributed by atoms with Gasteiger partial charge in [0, 0.05) is 0 Å². The second-order valence-electron chi connectivity index (χ2n) is 3.48. The maximum atomic E-state index is 11.1. The van der Waals surface area contributed by atoms with Gasteiger partial charge in [0.1, 0.15) is 24.4 Å². The lowest BCUT2D eigenvalue weighted by Gasteiger charge is -2.38. The van der Waals surface area contributed by atoms with Crippen LogP contribution in [-0.4, -0.2) is 68.9 Å². The van der Waals surface area contributed by atoms with Gasteiger partial charge in [-0.05, 0) is 17.6 Å². The van der Waals surface area contributed by atoms with Crippen LogP contribution in [0.1, 0.15) is 0 Å². The Bertz CT molecular complexity index is 302. The molecule has 1 fully saturated rings. The average molecular weight is 290 g/mol. The quantitative estimate of drug-likeness (QED) is 0.382. The van der Waals surface area contributed by atoms with Crippen LogP contribution in [0.4, 0.5) is 0 Å². The van der Waals surface area contributed by atoms with Crippen LogP contribution in [0.3, 0.4) is 0 Å². The number of hydrogen-bond donors (Lipinski definition) is 5. The van der Waals surface area contributed by atoms with E-state index in [0.29, 0.717) is 11.4 Å². The highest BCUT2D eigenvalue weighted by atomic mass is 32.7. The molecule has 1 saturated heterocycles. The van der Waals surface area contributed by atoms with Gasteiger partial charge < -0.3 is 30.1 Å². The highest BCUT2D eigenvalue weighted by molar-refractivity contribution is 8.54. The maximum Gasteiger partial charge on any atom is 0.386 e. The lowest BCUT2D eigenvalue weighted by molar-refractivity contribution is -0.285. The predicted molar refractivity (Wildman–Crippen MR) is 58.2 cm³/mol. The first-order chi connectivity index (χ1) is 7.78. The molecule has 0 aliphatic carbocycles. The van der Waals surface area contributed by atoms with Crippen LogP contribution in [0.25, 0.3) is 0 Å². The van der Waals surface area contributed by atoms with Crippen molar-refractivity contribution < 1.29 is 39.1 Å². The van der Waals surface area contributed by atoms with Crippen molar-refractivity contribution in [3.63, 3.8) is 0 Å². The molecule has 0 aromatic rings. The molecule has 8 nitrogen and oxygen atoms in total. The topological polar surface area (TPSA) is 137 Å². The van der Waals surface area contributed by atoms with Gasteiger partial charge >= 0.3 is 6.80 Å². The molecule has 0 spiro atoms. The number of ether oxygens (including phenoxy) is 1. The molecule has 0 saturated carbocycles. The summed E-state index contributed by atoms with van der Waals surface area (Å²) in [7, 11) is 0. The number of aliphatic hydroxyl groups is 4. The van der Waals surface area contributed by atoms with Crippen LogP contribution >= 0.6 is 18.2 Å². The molecular formula is C7H15O8PS. The van der Waals surface area contributed by atoms with Crippen molar-refractivity contribution in [3.8, 4) is 0 Å². The molecule has 2 unspecified atom stereocenters. The Morgan fingerprint density at radius 1 is 1.24 bits per heavy atom. The third-order valence-corrected chi connectivity index (χ3v) is 4.96. The highest BCUT2D eigenvalue weighted by Gasteiger charge is 2.43. The molecule has 0 amide bonds. The summed E-state index contributed by atoms with van der Waals surface area (Å²) in [5, 5.41) is 37.2. The molecule has 0 aromatic heterocycles. The van der Waals surface area contributed by atoms with E-state index in [2.05, 4.69) is 4.52 Å². The van der Waals surface area contributed by atoms with Crippen molar-refractivity contribution in [2.24, 2.45) is 0 Å². The van der Waals surface area contributed by atoms with Crippen molar-refractivity contribution >= 4 is 18.2 Å². The normalized spacial score (nSPS) is 42.1. The van der Waals surface area contributed by atoms with Crippen LogP contribution in [0.5, 0.6) is 0 Å². The van der Waals surface area contributed by atoms with Gasteiger partial charge in [0.15, 0.2) is 6.29 Å². The van der Waals surface area contributed by atoms with E-state index in [1.807, 2.05) is 0 Å². The first kappa shape index (κ1) is 15.4. The van der Waals surface area contributed by atoms with Gasteiger partial charge in [-0.15, -0.1) is 0 Å². The fourth-order valence-electron chi connectivity index (χ4n) is 1.29. The third-order valence-electron chi connectivity index (χ3n) is 2.32. The van der Waals surface area contributed by atoms with E-state index in [9.17, 15) is 25.0 Å². The van der Waals surface area contributed by atoms with Crippen LogP contribution in [0.2, 0.25) is 0 Å². The summed E-state index contributed by atoms with van der Waals surface area (Å²) in [5.74, 6) is 0. The molecule has 1 rings (SSSR count). The maximum absolute atomic E-state index is 11.1. The molecule has 5 N–H and O–H groups in total. The Kier molecular flexibility index (Phi) is 5.39. The van der Waals surface area contributed by atoms with Crippen molar-refractivity contribution in [2.75, 3.05) is 12.9 Å². The Hall–Kier alpha value is 0.300. The van der Waals surface area contributed by atoms with Gasteiger partial charge in [-0.3, -0.25) is 4.52 Å². The third kappa shape index (κ3) is 3.88. The van der Waals surface area contributed by atoms with E-state index in [0.717, 1.165) is 0 Å². The molecular weight excluding hydrogens is 275 g/mol. The van der Waals surface area contributed by atoms with Gasteiger partial charge in [0.05, 0.1) is 6.61 Å². The Morgan fingerprint density at radius 3 is 2.35 bits per heavy atom. The second kappa shape index (κ2) is 5.96. The monoisotopic (exact) mass is 290 g/mol. The van der Waals surface area contributed by atoms with Gasteiger partial charge in [-0.2, -0.15) is 0 Å². The lowest BCUT2D eigenvalue weighted by atomic mass is 10.00. The van der Waals surface area contributed by atoms with E-state index >= 15 is 0 Å². The SMILES string of the molecule is CSP(=O)(O)OC[C@H]1O[C@@H](O)C(O)[C@@H](O)[C@@H]1O. The minimum absolute atomic E-state index is 0.489. The van der Waals surface area contributed by atoms with Crippen LogP contribution in [0, 0.1) is 0 Å². The molecule has 1 aliphatic heterocycles. The Balaban J connectivity index is 2.57. The lowest BCUT2D eigenvalue weighted by Crippen LogP contribution is -2.58.